The van der Waals surface area contributed by atoms with Crippen molar-refractivity contribution in [3.8, 4) is 0 Å². The first-order chi connectivity index (χ1) is 4.86. The molecule has 53 valence electrons. The second kappa shape index (κ2) is 3.12. The average Bonchev–Trinajstić information content (AvgIpc) is 2.37. The van der Waals surface area contributed by atoms with Crippen LogP contribution < -0.4 is 5.32 Å². The molecule has 0 amide bonds. The molecule has 0 atom stereocenters. The molecule has 0 bridgehead atoms. The van der Waals surface area contributed by atoms with Crippen molar-refractivity contribution in [2.24, 2.45) is 0 Å². The molecule has 1 radical (unpaired) electrons. The quantitative estimate of drug-likeness (QED) is 0.582. The molecule has 2 N–H and O–H groups in total. The van der Waals surface area contributed by atoms with Gasteiger partial charge in [-0.2, -0.15) is 0 Å². The Balaban J connectivity index is 2.68. The molecule has 0 aliphatic heterocycles. The molecule has 0 spiro atoms. The highest BCUT2D eigenvalue weighted by Crippen LogP contribution is 1.92. The van der Waals surface area contributed by atoms with Crippen LogP contribution in [0.5, 0.6) is 0 Å². The predicted molar refractivity (Wildman–Crippen MR) is 36.2 cm³/mol. The Labute approximate surface area is 58.7 Å². The third-order valence-electron chi connectivity index (χ3n) is 1.06. The van der Waals surface area contributed by atoms with Crippen molar-refractivity contribution in [1.29, 1.82) is 0 Å². The zero-order valence-corrected chi connectivity index (χ0v) is 5.42. The van der Waals surface area contributed by atoms with E-state index in [4.69, 9.17) is 0 Å². The number of aldehydes is 1. The number of hydrogen-bond acceptors (Lipinski definition) is 3. The van der Waals surface area contributed by atoms with Crippen molar-refractivity contribution in [3.05, 3.63) is 24.8 Å². The van der Waals surface area contributed by atoms with Gasteiger partial charge in [-0.25, -0.2) is 4.98 Å². The predicted octanol–water partition coefficient (Wildman–Crippen LogP) is 0.103. The normalized spacial score (nSPS) is 9.70. The summed E-state index contributed by atoms with van der Waals surface area (Å²) in [5.41, 5.74) is 0.422. The summed E-state index contributed by atoms with van der Waals surface area (Å²) < 4.78 is 0. The summed E-state index contributed by atoms with van der Waals surface area (Å²) in [6, 6.07) is 0. The van der Waals surface area contributed by atoms with E-state index in [-0.39, 0.29) is 0 Å². The summed E-state index contributed by atoms with van der Waals surface area (Å²) in [5.74, 6) is 0.720. The fraction of sp³-hybridized carbons (Fsp3) is 0.167. The van der Waals surface area contributed by atoms with Gasteiger partial charge in [-0.15, -0.1) is 0 Å². The highest BCUT2D eigenvalue weighted by molar-refractivity contribution is 5.71. The van der Waals surface area contributed by atoms with E-state index in [1.54, 1.807) is 6.20 Å². The first kappa shape index (κ1) is 6.95. The number of rotatable bonds is 3. The van der Waals surface area contributed by atoms with Crippen LogP contribution in [0, 0.1) is 7.05 Å². The number of carbonyl (C=O) groups excluding carboxylic acids is 1. The standard InChI is InChI=1S/C6H8N3O/c1-7-3-6-8-2-5(4-10)9-6/h2,4,7H,1,3H2,(H,8,9). The Morgan fingerprint density at radius 2 is 2.70 bits per heavy atom. The Morgan fingerprint density at radius 3 is 3.20 bits per heavy atom. The highest BCUT2D eigenvalue weighted by Gasteiger charge is 1.96. The topological polar surface area (TPSA) is 57.8 Å². The van der Waals surface area contributed by atoms with Gasteiger partial charge in [0.2, 0.25) is 0 Å². The molecular weight excluding hydrogens is 130 g/mol. The SMILES string of the molecule is [CH2]NCc1nc(C=O)c[nH]1. The van der Waals surface area contributed by atoms with Gasteiger partial charge in [0.25, 0.3) is 0 Å². The summed E-state index contributed by atoms with van der Waals surface area (Å²) in [4.78, 5) is 16.8. The molecular formula is C6H8N3O. The van der Waals surface area contributed by atoms with E-state index in [0.29, 0.717) is 18.5 Å². The summed E-state index contributed by atoms with van der Waals surface area (Å²) in [6.07, 6.45) is 2.25. The van der Waals surface area contributed by atoms with Crippen LogP contribution in [-0.2, 0) is 6.54 Å². The van der Waals surface area contributed by atoms with Gasteiger partial charge >= 0.3 is 0 Å². The lowest BCUT2D eigenvalue weighted by Crippen LogP contribution is -2.03. The average molecular weight is 138 g/mol. The first-order valence-electron chi connectivity index (χ1n) is 2.86. The summed E-state index contributed by atoms with van der Waals surface area (Å²) in [6.45, 7) is 0.549. The van der Waals surface area contributed by atoms with Gasteiger partial charge in [0.05, 0.1) is 6.54 Å². The third kappa shape index (κ3) is 1.41. The molecule has 10 heavy (non-hydrogen) atoms. The molecule has 0 saturated heterocycles. The van der Waals surface area contributed by atoms with Crippen molar-refractivity contribution in [2.45, 2.75) is 6.54 Å². The van der Waals surface area contributed by atoms with Gasteiger partial charge in [-0.3, -0.25) is 4.79 Å². The van der Waals surface area contributed by atoms with Crippen molar-refractivity contribution in [2.75, 3.05) is 0 Å². The van der Waals surface area contributed by atoms with Crippen molar-refractivity contribution < 1.29 is 4.79 Å². The molecule has 1 aromatic rings. The lowest BCUT2D eigenvalue weighted by atomic mass is 10.5. The number of nitrogens with one attached hydrogen (secondary N) is 2. The van der Waals surface area contributed by atoms with E-state index in [0.717, 1.165) is 5.82 Å². The summed E-state index contributed by atoms with van der Waals surface area (Å²) in [5, 5.41) is 2.66. The minimum absolute atomic E-state index is 0.422. The van der Waals surface area contributed by atoms with Crippen LogP contribution in [-0.4, -0.2) is 16.3 Å². The Bertz CT molecular complexity index is 219. The van der Waals surface area contributed by atoms with Gasteiger partial charge in [0.15, 0.2) is 6.29 Å². The van der Waals surface area contributed by atoms with Gasteiger partial charge < -0.3 is 10.3 Å². The van der Waals surface area contributed by atoms with Gasteiger partial charge in [-0.1, -0.05) is 0 Å². The van der Waals surface area contributed by atoms with Crippen molar-refractivity contribution >= 4 is 6.29 Å². The fourth-order valence-electron chi connectivity index (χ4n) is 0.647. The van der Waals surface area contributed by atoms with Crippen LogP contribution in [0.15, 0.2) is 6.20 Å². The van der Waals surface area contributed by atoms with E-state index >= 15 is 0 Å². The zero-order chi connectivity index (χ0) is 7.40. The molecule has 0 aliphatic rings. The second-order valence-corrected chi connectivity index (χ2v) is 1.82. The molecule has 1 heterocycles. The van der Waals surface area contributed by atoms with E-state index < -0.39 is 0 Å². The van der Waals surface area contributed by atoms with Crippen LogP contribution in [0.4, 0.5) is 0 Å². The number of hydrogen-bond donors (Lipinski definition) is 2. The number of nitrogens with zero attached hydrogens (tertiary/aromatic N) is 1. The Morgan fingerprint density at radius 1 is 1.90 bits per heavy atom. The third-order valence-corrected chi connectivity index (χ3v) is 1.06. The minimum atomic E-state index is 0.422. The molecule has 4 nitrogen and oxygen atoms in total. The van der Waals surface area contributed by atoms with E-state index in [2.05, 4.69) is 22.3 Å². The van der Waals surface area contributed by atoms with Crippen molar-refractivity contribution in [3.63, 3.8) is 0 Å². The number of imidazole rings is 1. The molecule has 1 aromatic heterocycles. The smallest absolute Gasteiger partial charge is 0.170 e. The van der Waals surface area contributed by atoms with Gasteiger partial charge in [0, 0.05) is 13.2 Å². The van der Waals surface area contributed by atoms with Gasteiger partial charge in [-0.05, 0) is 0 Å². The van der Waals surface area contributed by atoms with Gasteiger partial charge in [0.1, 0.15) is 11.5 Å². The van der Waals surface area contributed by atoms with Crippen LogP contribution in [0.2, 0.25) is 0 Å². The Kier molecular flexibility index (Phi) is 2.17. The Hall–Kier alpha value is -1.16. The van der Waals surface area contributed by atoms with Crippen molar-refractivity contribution in [1.82, 2.24) is 15.3 Å². The van der Waals surface area contributed by atoms with E-state index in [9.17, 15) is 4.79 Å². The van der Waals surface area contributed by atoms with E-state index in [1.807, 2.05) is 0 Å². The zero-order valence-electron chi connectivity index (χ0n) is 5.42. The largest absolute Gasteiger partial charge is 0.347 e. The minimum Gasteiger partial charge on any atom is -0.347 e. The number of aromatic amines is 1. The molecule has 1 rings (SSSR count). The van der Waals surface area contributed by atoms with Crippen LogP contribution >= 0.6 is 0 Å². The molecule has 0 fully saturated rings. The number of aromatic nitrogens is 2. The second-order valence-electron chi connectivity index (χ2n) is 1.82. The molecule has 4 heteroatoms. The molecule has 0 aliphatic carbocycles. The van der Waals surface area contributed by atoms with Crippen LogP contribution in [0.1, 0.15) is 16.3 Å². The highest BCUT2D eigenvalue weighted by atomic mass is 16.1. The summed E-state index contributed by atoms with van der Waals surface area (Å²) in [7, 11) is 3.42. The first-order valence-corrected chi connectivity index (χ1v) is 2.86. The van der Waals surface area contributed by atoms with E-state index in [1.165, 1.54) is 0 Å². The maximum absolute atomic E-state index is 10.1. The maximum Gasteiger partial charge on any atom is 0.170 e. The number of H-pyrrole nitrogens is 1. The summed E-state index contributed by atoms with van der Waals surface area (Å²) >= 11 is 0. The molecule has 0 saturated carbocycles. The lowest BCUT2D eigenvalue weighted by Gasteiger charge is -1.89. The maximum atomic E-state index is 10.1. The van der Waals surface area contributed by atoms with Crippen LogP contribution in [0.25, 0.3) is 0 Å². The number of carbonyl (C=O) groups is 1. The monoisotopic (exact) mass is 138 g/mol. The molecule has 0 aromatic carbocycles. The lowest BCUT2D eigenvalue weighted by molar-refractivity contribution is 0.111. The molecule has 0 unspecified atom stereocenters. The fourth-order valence-corrected chi connectivity index (χ4v) is 0.647. The van der Waals surface area contributed by atoms with Crippen LogP contribution in [0.3, 0.4) is 0 Å².